The first kappa shape index (κ1) is 16.8. The van der Waals surface area contributed by atoms with Crippen LogP contribution in [-0.2, 0) is 9.84 Å². The maximum absolute atomic E-state index is 13.4. The summed E-state index contributed by atoms with van der Waals surface area (Å²) in [5, 5.41) is 17.7. The van der Waals surface area contributed by atoms with E-state index in [-0.39, 0.29) is 32.5 Å². The van der Waals surface area contributed by atoms with Crippen molar-refractivity contribution in [2.45, 2.75) is 4.90 Å². The first-order valence-electron chi connectivity index (χ1n) is 6.07. The zero-order valence-electron chi connectivity index (χ0n) is 11.7. The van der Waals surface area contributed by atoms with Crippen LogP contribution in [-0.4, -0.2) is 14.7 Å². The lowest BCUT2D eigenvalue weighted by molar-refractivity contribution is 0.474. The monoisotopic (exact) mass is 350 g/mol. The molecule has 0 aliphatic heterocycles. The summed E-state index contributed by atoms with van der Waals surface area (Å²) in [7, 11) is -3.61. The second-order valence-corrected chi connectivity index (χ2v) is 6.89. The largest absolute Gasteiger partial charge is 0.456 e. The number of halogens is 2. The molecule has 0 aliphatic carbocycles. The topological polar surface area (TPSA) is 90.9 Å². The molecule has 23 heavy (non-hydrogen) atoms. The van der Waals surface area contributed by atoms with Crippen LogP contribution < -0.4 is 4.74 Å². The lowest BCUT2D eigenvalue weighted by Gasteiger charge is -2.11. The molecule has 116 valence electrons. The molecule has 0 bridgehead atoms. The van der Waals surface area contributed by atoms with Crippen LogP contribution in [0.25, 0.3) is 0 Å². The number of benzene rings is 2. The molecule has 2 aromatic carbocycles. The Morgan fingerprint density at radius 3 is 2.43 bits per heavy atom. The Hall–Kier alpha value is -2.61. The summed E-state index contributed by atoms with van der Waals surface area (Å²) in [6.45, 7) is 0. The summed E-state index contributed by atoms with van der Waals surface area (Å²) in [5.41, 5.74) is -0.158. The van der Waals surface area contributed by atoms with Gasteiger partial charge in [0.2, 0.25) is 0 Å². The molecule has 0 aromatic heterocycles. The van der Waals surface area contributed by atoms with Crippen molar-refractivity contribution in [2.24, 2.45) is 0 Å². The molecule has 0 saturated carbocycles. The van der Waals surface area contributed by atoms with Crippen molar-refractivity contribution in [3.63, 3.8) is 0 Å². The molecule has 0 saturated heterocycles. The van der Waals surface area contributed by atoms with E-state index < -0.39 is 15.7 Å². The Morgan fingerprint density at radius 1 is 1.17 bits per heavy atom. The van der Waals surface area contributed by atoms with Gasteiger partial charge in [-0.3, -0.25) is 0 Å². The number of nitrogens with zero attached hydrogens (tertiary/aromatic N) is 2. The minimum absolute atomic E-state index is 0.0128. The molecule has 0 aliphatic rings. The summed E-state index contributed by atoms with van der Waals surface area (Å²) in [5.74, 6) is -0.739. The highest BCUT2D eigenvalue weighted by molar-refractivity contribution is 7.90. The number of hydrogen-bond acceptors (Lipinski definition) is 5. The molecule has 0 amide bonds. The van der Waals surface area contributed by atoms with E-state index in [4.69, 9.17) is 21.6 Å². The molecule has 5 nitrogen and oxygen atoms in total. The predicted molar refractivity (Wildman–Crippen MR) is 80.5 cm³/mol. The highest BCUT2D eigenvalue weighted by Gasteiger charge is 2.19. The van der Waals surface area contributed by atoms with Gasteiger partial charge in [-0.1, -0.05) is 11.6 Å². The van der Waals surface area contributed by atoms with Gasteiger partial charge >= 0.3 is 0 Å². The normalized spacial score (nSPS) is 10.7. The molecule has 0 radical (unpaired) electrons. The highest BCUT2D eigenvalue weighted by Crippen LogP contribution is 2.34. The summed E-state index contributed by atoms with van der Waals surface area (Å²) in [4.78, 5) is -0.208. The van der Waals surface area contributed by atoms with E-state index in [1.54, 1.807) is 12.1 Å². The van der Waals surface area contributed by atoms with Gasteiger partial charge in [0.25, 0.3) is 0 Å². The highest BCUT2D eigenvalue weighted by atomic mass is 35.5. The molecule has 2 aromatic rings. The molecule has 2 rings (SSSR count). The van der Waals surface area contributed by atoms with Gasteiger partial charge in [-0.25, -0.2) is 12.8 Å². The molecule has 0 fully saturated rings. The number of rotatable bonds is 3. The third-order valence-corrected chi connectivity index (χ3v) is 4.45. The van der Waals surface area contributed by atoms with Crippen molar-refractivity contribution >= 4 is 21.4 Å². The van der Waals surface area contributed by atoms with Crippen LogP contribution in [0.2, 0.25) is 5.02 Å². The van der Waals surface area contributed by atoms with Crippen molar-refractivity contribution in [3.05, 3.63) is 52.3 Å². The molecular weight excluding hydrogens is 343 g/mol. The minimum atomic E-state index is -3.61. The van der Waals surface area contributed by atoms with Gasteiger partial charge in [-0.2, -0.15) is 10.5 Å². The van der Waals surface area contributed by atoms with Gasteiger partial charge in [0.05, 0.1) is 21.6 Å². The lowest BCUT2D eigenvalue weighted by atomic mass is 10.2. The van der Waals surface area contributed by atoms with E-state index in [1.165, 1.54) is 18.2 Å². The third kappa shape index (κ3) is 3.59. The van der Waals surface area contributed by atoms with Crippen LogP contribution in [0, 0.1) is 28.5 Å². The number of ether oxygens (including phenoxy) is 1. The second kappa shape index (κ2) is 6.25. The Labute approximate surface area is 137 Å². The Bertz CT molecular complexity index is 975. The van der Waals surface area contributed by atoms with E-state index in [2.05, 4.69) is 0 Å². The van der Waals surface area contributed by atoms with Gasteiger partial charge in [-0.15, -0.1) is 0 Å². The van der Waals surface area contributed by atoms with Crippen LogP contribution >= 0.6 is 11.6 Å². The first-order chi connectivity index (χ1) is 10.8. The molecular formula is C15H8ClFN2O3S. The van der Waals surface area contributed by atoms with E-state index in [0.717, 1.165) is 18.4 Å². The summed E-state index contributed by atoms with van der Waals surface area (Å²) in [6.07, 6.45) is 0.960. The smallest absolute Gasteiger partial charge is 0.177 e. The second-order valence-electron chi connectivity index (χ2n) is 4.52. The summed E-state index contributed by atoms with van der Waals surface area (Å²) >= 11 is 5.95. The van der Waals surface area contributed by atoms with E-state index in [0.29, 0.717) is 0 Å². The molecule has 0 spiro atoms. The summed E-state index contributed by atoms with van der Waals surface area (Å²) in [6, 6.07) is 9.31. The van der Waals surface area contributed by atoms with E-state index in [9.17, 15) is 18.1 Å². The molecule has 0 heterocycles. The Balaban J connectivity index is 2.55. The lowest BCUT2D eigenvalue weighted by Crippen LogP contribution is -2.01. The number of sulfone groups is 1. The first-order valence-corrected chi connectivity index (χ1v) is 8.34. The zero-order chi connectivity index (χ0) is 17.2. The van der Waals surface area contributed by atoms with Crippen molar-refractivity contribution in [1.82, 2.24) is 0 Å². The van der Waals surface area contributed by atoms with Gasteiger partial charge in [-0.05, 0) is 24.3 Å². The molecule has 0 N–H and O–H groups in total. The fourth-order valence-electron chi connectivity index (χ4n) is 1.83. The van der Waals surface area contributed by atoms with Crippen LogP contribution in [0.15, 0.2) is 35.2 Å². The van der Waals surface area contributed by atoms with Gasteiger partial charge in [0.1, 0.15) is 28.9 Å². The Kier molecular flexibility index (Phi) is 4.55. The standard InChI is InChI=1S/C15H8ClFN2O3S/c1-23(20,21)14-3-2-13(12(8-19)15(14)16)22-11-5-9(7-18)4-10(17)6-11/h2-6H,1H3. The Morgan fingerprint density at radius 2 is 1.87 bits per heavy atom. The quantitative estimate of drug-likeness (QED) is 0.845. The van der Waals surface area contributed by atoms with Gasteiger partial charge in [0.15, 0.2) is 9.84 Å². The van der Waals surface area contributed by atoms with Crippen molar-refractivity contribution in [2.75, 3.05) is 6.26 Å². The predicted octanol–water partition coefficient (Wildman–Crippen LogP) is 3.42. The minimum Gasteiger partial charge on any atom is -0.456 e. The summed E-state index contributed by atoms with van der Waals surface area (Å²) < 4.78 is 42.0. The maximum atomic E-state index is 13.4. The van der Waals surface area contributed by atoms with Crippen molar-refractivity contribution in [1.29, 1.82) is 10.5 Å². The molecule has 0 atom stereocenters. The van der Waals surface area contributed by atoms with Crippen molar-refractivity contribution in [3.8, 4) is 23.6 Å². The van der Waals surface area contributed by atoms with Crippen LogP contribution in [0.5, 0.6) is 11.5 Å². The maximum Gasteiger partial charge on any atom is 0.177 e. The fourth-order valence-corrected chi connectivity index (χ4v) is 3.19. The average molecular weight is 351 g/mol. The average Bonchev–Trinajstić information content (AvgIpc) is 2.45. The number of nitriles is 2. The number of hydrogen-bond donors (Lipinski definition) is 0. The van der Waals surface area contributed by atoms with Gasteiger partial charge < -0.3 is 4.74 Å². The zero-order valence-corrected chi connectivity index (χ0v) is 13.2. The molecule has 0 unspecified atom stereocenters. The van der Waals surface area contributed by atoms with Gasteiger partial charge in [0, 0.05) is 12.3 Å². The third-order valence-electron chi connectivity index (χ3n) is 2.81. The van der Waals surface area contributed by atoms with Crippen LogP contribution in [0.1, 0.15) is 11.1 Å². The van der Waals surface area contributed by atoms with E-state index in [1.807, 2.05) is 0 Å². The van der Waals surface area contributed by atoms with Crippen molar-refractivity contribution < 1.29 is 17.5 Å². The van der Waals surface area contributed by atoms with E-state index >= 15 is 0 Å². The fraction of sp³-hybridized carbons (Fsp3) is 0.0667. The van der Waals surface area contributed by atoms with Crippen LogP contribution in [0.3, 0.4) is 0 Å². The van der Waals surface area contributed by atoms with Crippen LogP contribution in [0.4, 0.5) is 4.39 Å². The molecule has 8 heteroatoms. The SMILES string of the molecule is CS(=O)(=O)c1ccc(Oc2cc(F)cc(C#N)c2)c(C#N)c1Cl.